The molecule has 1 atom stereocenters. The molecule has 0 N–H and O–H groups in total. The van der Waals surface area contributed by atoms with Crippen LogP contribution in [-0.2, 0) is 0 Å². The van der Waals surface area contributed by atoms with Crippen LogP contribution in [0.15, 0.2) is 41.9 Å². The Hall–Kier alpha value is -1.90. The smallest absolute Gasteiger partial charge is 0.185 e. The quantitative estimate of drug-likeness (QED) is 0.870. The molecule has 1 aromatic heterocycles. The molecular formula is C16H18N4S. The van der Waals surface area contributed by atoms with E-state index in [1.807, 2.05) is 41.9 Å². The van der Waals surface area contributed by atoms with Gasteiger partial charge in [0.25, 0.3) is 0 Å². The normalized spacial score (nSPS) is 17.4. The summed E-state index contributed by atoms with van der Waals surface area (Å²) >= 11 is 1.69. The molecule has 0 radical (unpaired) electrons. The summed E-state index contributed by atoms with van der Waals surface area (Å²) in [6.45, 7) is 4.77. The van der Waals surface area contributed by atoms with Crippen molar-refractivity contribution in [3.05, 3.63) is 47.5 Å². The van der Waals surface area contributed by atoms with Crippen LogP contribution in [0.25, 0.3) is 0 Å². The Morgan fingerprint density at radius 1 is 1.19 bits per heavy atom. The molecule has 0 amide bonds. The summed E-state index contributed by atoms with van der Waals surface area (Å²) in [6.07, 6.45) is 1.85. The van der Waals surface area contributed by atoms with Crippen molar-refractivity contribution in [1.82, 2.24) is 9.88 Å². The van der Waals surface area contributed by atoms with Crippen molar-refractivity contribution in [3.63, 3.8) is 0 Å². The Morgan fingerprint density at radius 3 is 2.57 bits per heavy atom. The van der Waals surface area contributed by atoms with Gasteiger partial charge in [0, 0.05) is 44.3 Å². The fourth-order valence-corrected chi connectivity index (χ4v) is 3.35. The van der Waals surface area contributed by atoms with Crippen LogP contribution in [0.2, 0.25) is 0 Å². The van der Waals surface area contributed by atoms with Crippen LogP contribution >= 0.6 is 11.3 Å². The van der Waals surface area contributed by atoms with Crippen LogP contribution in [0.3, 0.4) is 0 Å². The van der Waals surface area contributed by atoms with E-state index in [9.17, 15) is 5.26 Å². The lowest BCUT2D eigenvalue weighted by Gasteiger charge is -2.35. The van der Waals surface area contributed by atoms with Crippen molar-refractivity contribution in [1.29, 1.82) is 5.26 Å². The maximum absolute atomic E-state index is 9.42. The van der Waals surface area contributed by atoms with E-state index in [0.29, 0.717) is 0 Å². The Labute approximate surface area is 129 Å². The van der Waals surface area contributed by atoms with Gasteiger partial charge >= 0.3 is 0 Å². The number of hydrogen-bond donors (Lipinski definition) is 0. The van der Waals surface area contributed by atoms with E-state index < -0.39 is 0 Å². The average Bonchev–Trinajstić information content (AvgIpc) is 3.08. The highest BCUT2D eigenvalue weighted by atomic mass is 32.1. The van der Waals surface area contributed by atoms with Crippen molar-refractivity contribution in [2.75, 3.05) is 37.6 Å². The van der Waals surface area contributed by atoms with E-state index in [1.165, 1.54) is 0 Å². The van der Waals surface area contributed by atoms with Crippen LogP contribution in [0.1, 0.15) is 11.5 Å². The van der Waals surface area contributed by atoms with Crippen LogP contribution in [0.5, 0.6) is 0 Å². The first-order valence-electron chi connectivity index (χ1n) is 7.18. The van der Waals surface area contributed by atoms with Crippen LogP contribution in [-0.4, -0.2) is 42.6 Å². The highest BCUT2D eigenvalue weighted by molar-refractivity contribution is 7.13. The zero-order valence-corrected chi connectivity index (χ0v) is 12.7. The number of nitriles is 1. The Morgan fingerprint density at radius 2 is 1.95 bits per heavy atom. The van der Waals surface area contributed by atoms with Gasteiger partial charge in [-0.15, -0.1) is 11.3 Å². The maximum atomic E-state index is 9.42. The number of thiazole rings is 1. The number of nitrogens with zero attached hydrogens (tertiary/aromatic N) is 4. The fourth-order valence-electron chi connectivity index (χ4n) is 2.66. The summed E-state index contributed by atoms with van der Waals surface area (Å²) in [5.41, 5.74) is 1.11. The molecule has 1 fully saturated rings. The maximum Gasteiger partial charge on any atom is 0.185 e. The minimum Gasteiger partial charge on any atom is -0.346 e. The van der Waals surface area contributed by atoms with Gasteiger partial charge in [0.1, 0.15) is 0 Å². The van der Waals surface area contributed by atoms with E-state index >= 15 is 0 Å². The van der Waals surface area contributed by atoms with Gasteiger partial charge in [-0.1, -0.05) is 30.3 Å². The van der Waals surface area contributed by atoms with Crippen molar-refractivity contribution in [2.24, 2.45) is 0 Å². The summed E-state index contributed by atoms with van der Waals surface area (Å²) in [5.74, 6) is -0.0439. The third-order valence-corrected chi connectivity index (χ3v) is 4.69. The van der Waals surface area contributed by atoms with Crippen LogP contribution in [0, 0.1) is 11.3 Å². The molecule has 5 heteroatoms. The minimum atomic E-state index is -0.0439. The molecule has 21 heavy (non-hydrogen) atoms. The predicted molar refractivity (Wildman–Crippen MR) is 85.6 cm³/mol. The molecular weight excluding hydrogens is 280 g/mol. The molecule has 0 bridgehead atoms. The number of aromatic nitrogens is 1. The van der Waals surface area contributed by atoms with Gasteiger partial charge in [-0.3, -0.25) is 4.90 Å². The van der Waals surface area contributed by atoms with E-state index in [-0.39, 0.29) is 5.92 Å². The van der Waals surface area contributed by atoms with E-state index in [0.717, 1.165) is 43.4 Å². The monoisotopic (exact) mass is 298 g/mol. The number of hydrogen-bond acceptors (Lipinski definition) is 5. The van der Waals surface area contributed by atoms with Crippen LogP contribution < -0.4 is 4.90 Å². The number of benzene rings is 1. The van der Waals surface area contributed by atoms with Gasteiger partial charge in [-0.05, 0) is 5.56 Å². The minimum absolute atomic E-state index is 0.0439. The second kappa shape index (κ2) is 6.70. The van der Waals surface area contributed by atoms with Crippen molar-refractivity contribution in [2.45, 2.75) is 5.92 Å². The van der Waals surface area contributed by atoms with Gasteiger partial charge in [0.2, 0.25) is 0 Å². The number of rotatable bonds is 4. The van der Waals surface area contributed by atoms with Gasteiger partial charge in [-0.2, -0.15) is 5.26 Å². The Balaban J connectivity index is 1.56. The summed E-state index contributed by atoms with van der Waals surface area (Å²) < 4.78 is 0. The molecule has 1 aliphatic heterocycles. The molecule has 1 unspecified atom stereocenters. The highest BCUT2D eigenvalue weighted by Gasteiger charge is 2.21. The molecule has 1 aliphatic rings. The number of piperazine rings is 1. The lowest BCUT2D eigenvalue weighted by molar-refractivity contribution is 0.253. The van der Waals surface area contributed by atoms with Gasteiger partial charge in [0.05, 0.1) is 12.0 Å². The molecule has 1 saturated heterocycles. The third-order valence-electron chi connectivity index (χ3n) is 3.86. The van der Waals surface area contributed by atoms with E-state index in [2.05, 4.69) is 20.9 Å². The standard InChI is InChI=1S/C16H18N4S/c17-12-15(14-4-2-1-3-5-14)13-19-7-9-20(10-8-19)16-18-6-11-21-16/h1-6,11,15H,7-10,13H2. The second-order valence-corrected chi connectivity index (χ2v) is 6.07. The SMILES string of the molecule is N#CC(CN1CCN(c2nccs2)CC1)c1ccccc1. The summed E-state index contributed by atoms with van der Waals surface area (Å²) in [4.78, 5) is 9.07. The highest BCUT2D eigenvalue weighted by Crippen LogP contribution is 2.21. The Bertz CT molecular complexity index is 582. The average molecular weight is 298 g/mol. The molecule has 108 valence electrons. The van der Waals surface area contributed by atoms with Gasteiger partial charge < -0.3 is 4.90 Å². The van der Waals surface area contributed by atoms with Crippen LogP contribution in [0.4, 0.5) is 5.13 Å². The molecule has 3 rings (SSSR count). The summed E-state index contributed by atoms with van der Waals surface area (Å²) in [7, 11) is 0. The summed E-state index contributed by atoms with van der Waals surface area (Å²) in [6, 6.07) is 12.5. The molecule has 4 nitrogen and oxygen atoms in total. The van der Waals surface area contributed by atoms with Gasteiger partial charge in [0.15, 0.2) is 5.13 Å². The molecule has 0 aliphatic carbocycles. The van der Waals surface area contributed by atoms with Crippen molar-refractivity contribution in [3.8, 4) is 6.07 Å². The molecule has 2 heterocycles. The first-order valence-corrected chi connectivity index (χ1v) is 8.06. The third kappa shape index (κ3) is 3.41. The zero-order chi connectivity index (χ0) is 14.5. The molecule has 0 saturated carbocycles. The van der Waals surface area contributed by atoms with Gasteiger partial charge in [-0.25, -0.2) is 4.98 Å². The summed E-state index contributed by atoms with van der Waals surface area (Å²) in [5, 5.41) is 12.5. The van der Waals surface area contributed by atoms with Crippen molar-refractivity contribution < 1.29 is 0 Å². The predicted octanol–water partition coefficient (Wildman–Crippen LogP) is 2.57. The first kappa shape index (κ1) is 14.1. The topological polar surface area (TPSA) is 43.2 Å². The molecule has 0 spiro atoms. The molecule has 2 aromatic rings. The molecule has 1 aromatic carbocycles. The first-order chi connectivity index (χ1) is 10.4. The van der Waals surface area contributed by atoms with E-state index in [1.54, 1.807) is 11.3 Å². The second-order valence-electron chi connectivity index (χ2n) is 5.19. The lowest BCUT2D eigenvalue weighted by Crippen LogP contribution is -2.47. The lowest BCUT2D eigenvalue weighted by atomic mass is 10.00. The number of anilines is 1. The largest absolute Gasteiger partial charge is 0.346 e. The zero-order valence-electron chi connectivity index (χ0n) is 11.9. The fraction of sp³-hybridized carbons (Fsp3) is 0.375. The Kier molecular flexibility index (Phi) is 4.49. The van der Waals surface area contributed by atoms with E-state index in [4.69, 9.17) is 0 Å². The van der Waals surface area contributed by atoms with Crippen molar-refractivity contribution >= 4 is 16.5 Å².